The van der Waals surface area contributed by atoms with Crippen LogP contribution in [0.2, 0.25) is 0 Å². The molecule has 1 heterocycles. The maximum absolute atomic E-state index is 11.4. The number of hydrogen-bond donors (Lipinski definition) is 5. The predicted molar refractivity (Wildman–Crippen MR) is 85.6 cm³/mol. The Bertz CT molecular complexity index is 728. The van der Waals surface area contributed by atoms with Crippen LogP contribution in [0.15, 0.2) is 35.6 Å². The number of anilines is 4. The molecule has 0 aliphatic carbocycles. The highest BCUT2D eigenvalue weighted by atomic mass is 16.1. The van der Waals surface area contributed by atoms with Crippen LogP contribution in [0, 0.1) is 5.41 Å². The molecule has 1 amide bonds. The number of hydrazone groups is 1. The van der Waals surface area contributed by atoms with E-state index in [9.17, 15) is 4.79 Å². The molecule has 0 aliphatic rings. The molecule has 0 aliphatic heterocycles. The number of nitrogens with two attached hydrogens (primary N) is 2. The van der Waals surface area contributed by atoms with E-state index in [4.69, 9.17) is 16.9 Å². The van der Waals surface area contributed by atoms with Gasteiger partial charge in [0.25, 0.3) is 5.91 Å². The van der Waals surface area contributed by atoms with Gasteiger partial charge in [0.2, 0.25) is 5.95 Å². The number of benzene rings is 1. The number of primary amides is 1. The summed E-state index contributed by atoms with van der Waals surface area (Å²) in [6, 6.07) is 7.08. The zero-order valence-electron chi connectivity index (χ0n) is 11.4. The minimum atomic E-state index is -0.660. The van der Waals surface area contributed by atoms with Gasteiger partial charge in [0.15, 0.2) is 0 Å². The number of rotatable bonds is 6. The second-order valence-corrected chi connectivity index (χ2v) is 4.12. The number of hydrogen-bond acceptors (Lipinski definition) is 8. The van der Waals surface area contributed by atoms with Crippen molar-refractivity contribution in [1.82, 2.24) is 9.97 Å². The molecule has 9 nitrogen and oxygen atoms in total. The van der Waals surface area contributed by atoms with Crippen molar-refractivity contribution in [3.05, 3.63) is 36.0 Å². The average molecular weight is 298 g/mol. The quantitative estimate of drug-likeness (QED) is 0.395. The Balaban J connectivity index is 2.25. The van der Waals surface area contributed by atoms with Crippen molar-refractivity contribution in [3.8, 4) is 0 Å². The van der Waals surface area contributed by atoms with Crippen molar-refractivity contribution >= 4 is 41.5 Å². The first kappa shape index (κ1) is 14.9. The molecule has 7 N–H and O–H groups in total. The van der Waals surface area contributed by atoms with E-state index in [1.807, 2.05) is 0 Å². The highest BCUT2D eigenvalue weighted by Gasteiger charge is 2.11. The van der Waals surface area contributed by atoms with Gasteiger partial charge in [-0.2, -0.15) is 10.1 Å². The van der Waals surface area contributed by atoms with Gasteiger partial charge >= 0.3 is 0 Å². The van der Waals surface area contributed by atoms with Crippen LogP contribution in [0.25, 0.3) is 0 Å². The number of carbonyl (C=O) groups is 1. The van der Waals surface area contributed by atoms with Crippen LogP contribution in [0.5, 0.6) is 0 Å². The van der Waals surface area contributed by atoms with Crippen LogP contribution in [-0.2, 0) is 0 Å². The molecule has 1 aromatic heterocycles. The smallest absolute Gasteiger partial charge is 0.254 e. The van der Waals surface area contributed by atoms with E-state index in [-0.39, 0.29) is 17.3 Å². The van der Waals surface area contributed by atoms with Crippen molar-refractivity contribution in [2.24, 2.45) is 10.8 Å². The highest BCUT2D eigenvalue weighted by Crippen LogP contribution is 2.21. The number of amides is 1. The molecule has 22 heavy (non-hydrogen) atoms. The van der Waals surface area contributed by atoms with Gasteiger partial charge in [-0.3, -0.25) is 10.2 Å². The zero-order chi connectivity index (χ0) is 15.9. The average Bonchev–Trinajstić information content (AvgIpc) is 2.48. The topological polar surface area (TPSA) is 155 Å². The molecule has 1 aromatic carbocycles. The molecule has 0 saturated carbocycles. The Morgan fingerprint density at radius 2 is 2.14 bits per heavy atom. The summed E-state index contributed by atoms with van der Waals surface area (Å²) in [7, 11) is 0. The number of nitrogen functional groups attached to an aromatic ring is 1. The van der Waals surface area contributed by atoms with E-state index in [2.05, 4.69) is 25.8 Å². The Labute approximate surface area is 126 Å². The predicted octanol–water partition coefficient (Wildman–Crippen LogP) is 0.949. The summed E-state index contributed by atoms with van der Waals surface area (Å²) in [6.45, 7) is 0. The van der Waals surface area contributed by atoms with Crippen molar-refractivity contribution in [1.29, 1.82) is 5.41 Å². The van der Waals surface area contributed by atoms with Crippen molar-refractivity contribution in [2.45, 2.75) is 0 Å². The number of nitrogens with zero attached hydrogens (tertiary/aromatic N) is 3. The Morgan fingerprint density at radius 1 is 1.36 bits per heavy atom. The van der Waals surface area contributed by atoms with Gasteiger partial charge in [-0.25, -0.2) is 4.98 Å². The minimum Gasteiger partial charge on any atom is -0.368 e. The van der Waals surface area contributed by atoms with Gasteiger partial charge in [0.05, 0.1) is 11.9 Å². The molecule has 0 saturated heterocycles. The third kappa shape index (κ3) is 3.76. The normalized spacial score (nSPS) is 10.4. The van der Waals surface area contributed by atoms with E-state index in [1.165, 1.54) is 12.4 Å². The van der Waals surface area contributed by atoms with E-state index in [1.54, 1.807) is 24.3 Å². The fraction of sp³-hybridized carbons (Fsp3) is 0. The summed E-state index contributed by atoms with van der Waals surface area (Å²) < 4.78 is 0. The summed E-state index contributed by atoms with van der Waals surface area (Å²) in [6.07, 6.45) is 3.62. The lowest BCUT2D eigenvalue weighted by atomic mass is 10.2. The monoisotopic (exact) mass is 298 g/mol. The van der Waals surface area contributed by atoms with Gasteiger partial charge in [-0.05, 0) is 18.2 Å². The van der Waals surface area contributed by atoms with E-state index < -0.39 is 5.91 Å². The van der Waals surface area contributed by atoms with E-state index in [0.29, 0.717) is 11.4 Å². The third-order valence-electron chi connectivity index (χ3n) is 2.54. The lowest BCUT2D eigenvalue weighted by molar-refractivity contribution is 0.100. The number of carbonyl (C=O) groups excluding carboxylic acids is 1. The summed E-state index contributed by atoms with van der Waals surface area (Å²) in [5, 5.41) is 13.6. The van der Waals surface area contributed by atoms with Gasteiger partial charge in [0, 0.05) is 18.1 Å². The zero-order valence-corrected chi connectivity index (χ0v) is 11.4. The SMILES string of the molecule is N=C/C=N\Nc1cccc(Nc2nc(N)ncc2C(N)=O)c1. The summed E-state index contributed by atoms with van der Waals surface area (Å²) in [5.41, 5.74) is 15.0. The van der Waals surface area contributed by atoms with Gasteiger partial charge in [-0.15, -0.1) is 0 Å². The summed E-state index contributed by atoms with van der Waals surface area (Å²) >= 11 is 0. The van der Waals surface area contributed by atoms with Crippen LogP contribution in [0.3, 0.4) is 0 Å². The van der Waals surface area contributed by atoms with Crippen molar-refractivity contribution in [2.75, 3.05) is 16.5 Å². The maximum atomic E-state index is 11.4. The van der Waals surface area contributed by atoms with Crippen LogP contribution >= 0.6 is 0 Å². The molecule has 2 rings (SSSR count). The summed E-state index contributed by atoms with van der Waals surface area (Å²) in [5.74, 6) is -0.412. The lowest BCUT2D eigenvalue weighted by Crippen LogP contribution is -2.15. The molecule has 0 unspecified atom stereocenters. The molecule has 0 bridgehead atoms. The third-order valence-corrected chi connectivity index (χ3v) is 2.54. The molecule has 0 radical (unpaired) electrons. The molecule has 0 atom stereocenters. The second kappa shape index (κ2) is 6.79. The largest absolute Gasteiger partial charge is 0.368 e. The molecule has 112 valence electrons. The second-order valence-electron chi connectivity index (χ2n) is 4.12. The molecule has 9 heteroatoms. The van der Waals surface area contributed by atoms with Crippen LogP contribution in [-0.4, -0.2) is 28.3 Å². The number of nitrogens with one attached hydrogen (secondary N) is 3. The number of aromatic nitrogens is 2. The van der Waals surface area contributed by atoms with Crippen molar-refractivity contribution < 1.29 is 4.79 Å². The summed E-state index contributed by atoms with van der Waals surface area (Å²) in [4.78, 5) is 19.1. The first-order valence-electron chi connectivity index (χ1n) is 6.17. The maximum Gasteiger partial charge on any atom is 0.254 e. The van der Waals surface area contributed by atoms with Gasteiger partial charge in [-0.1, -0.05) is 6.07 Å². The van der Waals surface area contributed by atoms with Crippen molar-refractivity contribution in [3.63, 3.8) is 0 Å². The highest BCUT2D eigenvalue weighted by molar-refractivity contribution is 6.14. The van der Waals surface area contributed by atoms with E-state index >= 15 is 0 Å². The standard InChI is InChI=1S/C13H14N8O/c14-4-5-18-21-9-3-1-2-8(6-9)19-12-10(11(15)22)7-17-13(16)20-12/h1-7,14,21H,(H2,15,22)(H3,16,17,19,20)/b14-4?,18-5-. The van der Waals surface area contributed by atoms with Crippen LogP contribution in [0.4, 0.5) is 23.1 Å². The fourth-order valence-corrected chi connectivity index (χ4v) is 1.62. The fourth-order valence-electron chi connectivity index (χ4n) is 1.62. The molecule has 2 aromatic rings. The Hall–Kier alpha value is -3.49. The first-order chi connectivity index (χ1) is 10.6. The molecule has 0 fully saturated rings. The van der Waals surface area contributed by atoms with Gasteiger partial charge < -0.3 is 22.2 Å². The van der Waals surface area contributed by atoms with E-state index in [0.717, 1.165) is 6.21 Å². The molecular formula is C13H14N8O. The Morgan fingerprint density at radius 3 is 2.86 bits per heavy atom. The van der Waals surface area contributed by atoms with Gasteiger partial charge in [0.1, 0.15) is 11.4 Å². The molecule has 0 spiro atoms. The minimum absolute atomic E-state index is 0.0253. The Kier molecular flexibility index (Phi) is 4.60. The van der Waals surface area contributed by atoms with Crippen LogP contribution in [0.1, 0.15) is 10.4 Å². The lowest BCUT2D eigenvalue weighted by Gasteiger charge is -2.10. The van der Waals surface area contributed by atoms with Crippen LogP contribution < -0.4 is 22.2 Å². The molecular weight excluding hydrogens is 284 g/mol. The first-order valence-corrected chi connectivity index (χ1v) is 6.17.